The van der Waals surface area contributed by atoms with Crippen LogP contribution in [-0.4, -0.2) is 73.6 Å². The molecule has 0 spiro atoms. The topological polar surface area (TPSA) is 101 Å². The summed E-state index contributed by atoms with van der Waals surface area (Å²) in [6.07, 6.45) is 10.5. The number of benzene rings is 2. The number of aryl methyl sites for hydroxylation is 1. The van der Waals surface area contributed by atoms with Gasteiger partial charge in [-0.1, -0.05) is 24.3 Å². The number of nitrogens with zero attached hydrogens (tertiary/aromatic N) is 7. The lowest BCUT2D eigenvalue weighted by Crippen LogP contribution is -2.49. The fourth-order valence-electron chi connectivity index (χ4n) is 6.62. The summed E-state index contributed by atoms with van der Waals surface area (Å²) in [6, 6.07) is 15.6. The zero-order valence-corrected chi connectivity index (χ0v) is 23.8. The summed E-state index contributed by atoms with van der Waals surface area (Å²) in [4.78, 5) is 23.4. The highest BCUT2D eigenvalue weighted by atomic mass is 15.3. The standard InChI is InChI=1S/C32H37N9/c1-21-4-3-5-28-26(21)18-34-32(38-28)37-23-8-6-22(7-9-23)27-19-41(31-29(27)30(33)35-20-36-31)25-12-10-24(11-13-25)40-16-14-39(2)15-17-40/h3-9,18-20,24-25H,10-17H2,1-2H3,(H2,33,35,36)(H,34,37,38)/t24-,25-. The maximum absolute atomic E-state index is 6.45. The Morgan fingerprint density at radius 1 is 0.878 bits per heavy atom. The van der Waals surface area contributed by atoms with Gasteiger partial charge in [-0.25, -0.2) is 19.9 Å². The van der Waals surface area contributed by atoms with Crippen LogP contribution >= 0.6 is 0 Å². The first-order valence-electron chi connectivity index (χ1n) is 14.7. The van der Waals surface area contributed by atoms with Crippen molar-refractivity contribution in [2.24, 2.45) is 0 Å². The number of nitrogens with two attached hydrogens (primary N) is 1. The molecule has 1 aliphatic carbocycles. The van der Waals surface area contributed by atoms with Crippen LogP contribution in [0.1, 0.15) is 37.3 Å². The second kappa shape index (κ2) is 10.7. The van der Waals surface area contributed by atoms with Crippen molar-refractivity contribution in [3.63, 3.8) is 0 Å². The van der Waals surface area contributed by atoms with Gasteiger partial charge >= 0.3 is 0 Å². The van der Waals surface area contributed by atoms with Gasteiger partial charge in [0.25, 0.3) is 0 Å². The van der Waals surface area contributed by atoms with Crippen LogP contribution in [0.2, 0.25) is 0 Å². The van der Waals surface area contributed by atoms with Crippen LogP contribution in [0.5, 0.6) is 0 Å². The van der Waals surface area contributed by atoms with Crippen molar-refractivity contribution in [3.8, 4) is 11.1 Å². The SMILES string of the molecule is Cc1cccc2nc(Nc3ccc(-c4cn([C@H]5CC[C@H](N6CCN(C)CC6)CC5)c5ncnc(N)c45)cc3)ncc12. The summed E-state index contributed by atoms with van der Waals surface area (Å²) in [5.74, 6) is 1.11. The van der Waals surface area contributed by atoms with Crippen molar-refractivity contribution in [2.75, 3.05) is 44.3 Å². The molecule has 0 amide bonds. The van der Waals surface area contributed by atoms with Crippen molar-refractivity contribution in [1.82, 2.24) is 34.3 Å². The Morgan fingerprint density at radius 2 is 1.63 bits per heavy atom. The Kier molecular flexibility index (Phi) is 6.76. The molecule has 1 aliphatic heterocycles. The van der Waals surface area contributed by atoms with Crippen molar-refractivity contribution >= 4 is 39.4 Å². The van der Waals surface area contributed by atoms with Crippen molar-refractivity contribution < 1.29 is 0 Å². The van der Waals surface area contributed by atoms with Gasteiger partial charge in [0.2, 0.25) is 5.95 Å². The van der Waals surface area contributed by atoms with Gasteiger partial charge in [0.1, 0.15) is 17.8 Å². The lowest BCUT2D eigenvalue weighted by molar-refractivity contribution is 0.0828. The van der Waals surface area contributed by atoms with E-state index in [-0.39, 0.29) is 0 Å². The summed E-state index contributed by atoms with van der Waals surface area (Å²) in [5, 5.41) is 5.35. The average Bonchev–Trinajstić information content (AvgIpc) is 3.39. The lowest BCUT2D eigenvalue weighted by Gasteiger charge is -2.41. The van der Waals surface area contributed by atoms with Crippen LogP contribution in [0.3, 0.4) is 0 Å². The van der Waals surface area contributed by atoms with Gasteiger partial charge in [-0.05, 0) is 69.0 Å². The Morgan fingerprint density at radius 3 is 2.41 bits per heavy atom. The second-order valence-electron chi connectivity index (χ2n) is 11.6. The number of fused-ring (bicyclic) bond motifs is 2. The maximum Gasteiger partial charge on any atom is 0.227 e. The van der Waals surface area contributed by atoms with Gasteiger partial charge in [-0.2, -0.15) is 0 Å². The molecular weight excluding hydrogens is 510 g/mol. The first-order valence-corrected chi connectivity index (χ1v) is 14.7. The van der Waals surface area contributed by atoms with Gasteiger partial charge in [0, 0.05) is 67.3 Å². The fraction of sp³-hybridized carbons (Fsp3) is 0.375. The summed E-state index contributed by atoms with van der Waals surface area (Å²) in [5.41, 5.74) is 12.6. The predicted molar refractivity (Wildman–Crippen MR) is 165 cm³/mol. The van der Waals surface area contributed by atoms with E-state index in [1.807, 2.05) is 18.3 Å². The molecule has 3 aromatic heterocycles. The van der Waals surface area contributed by atoms with E-state index in [4.69, 9.17) is 15.7 Å². The molecule has 41 heavy (non-hydrogen) atoms. The van der Waals surface area contributed by atoms with E-state index >= 15 is 0 Å². The lowest BCUT2D eigenvalue weighted by atomic mass is 9.89. The minimum atomic E-state index is 0.416. The Balaban J connectivity index is 1.12. The number of hydrogen-bond donors (Lipinski definition) is 2. The van der Waals surface area contributed by atoms with E-state index in [9.17, 15) is 0 Å². The van der Waals surface area contributed by atoms with E-state index < -0.39 is 0 Å². The molecule has 7 rings (SSSR count). The molecule has 5 aromatic rings. The highest BCUT2D eigenvalue weighted by Gasteiger charge is 2.30. The van der Waals surface area contributed by atoms with Crippen LogP contribution in [0.4, 0.5) is 17.5 Å². The zero-order valence-electron chi connectivity index (χ0n) is 23.8. The molecule has 4 heterocycles. The largest absolute Gasteiger partial charge is 0.383 e. The molecule has 0 unspecified atom stereocenters. The Labute approximate surface area is 240 Å². The molecule has 2 aromatic carbocycles. The third kappa shape index (κ3) is 5.00. The highest BCUT2D eigenvalue weighted by molar-refractivity contribution is 6.00. The normalized spacial score (nSPS) is 20.5. The van der Waals surface area contributed by atoms with E-state index in [0.717, 1.165) is 51.6 Å². The van der Waals surface area contributed by atoms with E-state index in [2.05, 4.69) is 80.2 Å². The predicted octanol–water partition coefficient (Wildman–Crippen LogP) is 5.41. The maximum atomic E-state index is 6.45. The molecule has 3 N–H and O–H groups in total. The van der Waals surface area contributed by atoms with Crippen LogP contribution < -0.4 is 11.1 Å². The number of likely N-dealkylation sites (N-methyl/N-ethyl adjacent to an activating group) is 1. The van der Waals surface area contributed by atoms with Gasteiger partial charge in [-0.15, -0.1) is 0 Å². The summed E-state index contributed by atoms with van der Waals surface area (Å²) in [7, 11) is 2.22. The molecule has 2 aliphatic rings. The molecular formula is C32H37N9. The number of anilines is 3. The monoisotopic (exact) mass is 547 g/mol. The molecule has 0 atom stereocenters. The number of rotatable bonds is 5. The quantitative estimate of drug-likeness (QED) is 0.301. The summed E-state index contributed by atoms with van der Waals surface area (Å²) >= 11 is 0. The molecule has 1 saturated heterocycles. The van der Waals surface area contributed by atoms with Gasteiger partial charge < -0.3 is 20.5 Å². The second-order valence-corrected chi connectivity index (χ2v) is 11.6. The molecule has 1 saturated carbocycles. The van der Waals surface area contributed by atoms with Crippen molar-refractivity contribution in [3.05, 3.63) is 66.7 Å². The van der Waals surface area contributed by atoms with E-state index in [1.165, 1.54) is 44.6 Å². The van der Waals surface area contributed by atoms with Crippen molar-refractivity contribution in [2.45, 2.75) is 44.7 Å². The van der Waals surface area contributed by atoms with Crippen LogP contribution in [0.15, 0.2) is 61.2 Å². The van der Waals surface area contributed by atoms with E-state index in [1.54, 1.807) is 6.33 Å². The average molecular weight is 548 g/mol. The smallest absolute Gasteiger partial charge is 0.227 e. The summed E-state index contributed by atoms with van der Waals surface area (Å²) in [6.45, 7) is 6.79. The molecule has 9 nitrogen and oxygen atoms in total. The molecule has 2 fully saturated rings. The van der Waals surface area contributed by atoms with E-state index in [0.29, 0.717) is 23.8 Å². The molecule has 9 heteroatoms. The van der Waals surface area contributed by atoms with Crippen LogP contribution in [0.25, 0.3) is 33.1 Å². The number of aromatic nitrogens is 5. The van der Waals surface area contributed by atoms with Crippen molar-refractivity contribution in [1.29, 1.82) is 0 Å². The number of piperazine rings is 1. The third-order valence-corrected chi connectivity index (χ3v) is 9.05. The minimum absolute atomic E-state index is 0.416. The minimum Gasteiger partial charge on any atom is -0.383 e. The Bertz CT molecular complexity index is 1680. The van der Waals surface area contributed by atoms with Gasteiger partial charge in [0.15, 0.2) is 0 Å². The zero-order chi connectivity index (χ0) is 27.9. The number of nitrogen functional groups attached to an aromatic ring is 1. The first kappa shape index (κ1) is 25.9. The number of hydrogen-bond acceptors (Lipinski definition) is 8. The van der Waals surface area contributed by atoms with Gasteiger partial charge in [-0.3, -0.25) is 4.90 Å². The number of nitrogens with one attached hydrogen (secondary N) is 1. The molecule has 0 bridgehead atoms. The van der Waals surface area contributed by atoms with Gasteiger partial charge in [0.05, 0.1) is 10.9 Å². The fourth-order valence-corrected chi connectivity index (χ4v) is 6.62. The Hall–Kier alpha value is -4.08. The van der Waals surface area contributed by atoms with Crippen LogP contribution in [-0.2, 0) is 0 Å². The first-order chi connectivity index (χ1) is 20.0. The highest BCUT2D eigenvalue weighted by Crippen LogP contribution is 2.39. The third-order valence-electron chi connectivity index (χ3n) is 9.05. The summed E-state index contributed by atoms with van der Waals surface area (Å²) < 4.78 is 2.36. The molecule has 0 radical (unpaired) electrons. The van der Waals surface area contributed by atoms with Crippen LogP contribution in [0, 0.1) is 6.92 Å². The molecule has 210 valence electrons.